The topological polar surface area (TPSA) is 75.0 Å². The Labute approximate surface area is 202 Å². The van der Waals surface area contributed by atoms with Crippen molar-refractivity contribution < 1.29 is 17.6 Å². The van der Waals surface area contributed by atoms with Crippen molar-refractivity contribution in [2.45, 2.75) is 30.7 Å². The molecule has 34 heavy (non-hydrogen) atoms. The molecule has 182 valence electrons. The first-order valence-corrected chi connectivity index (χ1v) is 13.1. The van der Waals surface area contributed by atoms with Gasteiger partial charge in [0.05, 0.1) is 24.3 Å². The number of methoxy groups -OCH3 is 1. The van der Waals surface area contributed by atoms with Gasteiger partial charge in [-0.15, -0.1) is 0 Å². The third-order valence-corrected chi connectivity index (χ3v) is 7.83. The van der Waals surface area contributed by atoms with Crippen LogP contribution in [0.4, 0.5) is 5.69 Å². The summed E-state index contributed by atoms with van der Waals surface area (Å²) >= 11 is 0. The normalized spacial score (nSPS) is 16.1. The highest BCUT2D eigenvalue weighted by atomic mass is 32.2. The Morgan fingerprint density at radius 3 is 2.21 bits per heavy atom. The first-order chi connectivity index (χ1) is 16.4. The van der Waals surface area contributed by atoms with E-state index in [1.54, 1.807) is 25.5 Å². The maximum atomic E-state index is 13.0. The Kier molecular flexibility index (Phi) is 7.60. The molecular formula is C26H33N3O4S. The van der Waals surface area contributed by atoms with E-state index in [1.165, 1.54) is 0 Å². The van der Waals surface area contributed by atoms with Gasteiger partial charge in [-0.2, -0.15) is 0 Å². The molecule has 3 aromatic rings. The summed E-state index contributed by atoms with van der Waals surface area (Å²) in [5.41, 5.74) is 2.27. The molecule has 0 spiro atoms. The van der Waals surface area contributed by atoms with Crippen molar-refractivity contribution in [3.05, 3.63) is 78.3 Å². The van der Waals surface area contributed by atoms with E-state index in [-0.39, 0.29) is 17.5 Å². The second kappa shape index (κ2) is 10.6. The largest absolute Gasteiger partial charge is 0.497 e. The lowest BCUT2D eigenvalue weighted by molar-refractivity contribution is 0.166. The summed E-state index contributed by atoms with van der Waals surface area (Å²) in [4.78, 5) is 4.89. The minimum absolute atomic E-state index is 0.183. The van der Waals surface area contributed by atoms with E-state index >= 15 is 0 Å². The Morgan fingerprint density at radius 2 is 1.65 bits per heavy atom. The lowest BCUT2D eigenvalue weighted by atomic mass is 10.0. The van der Waals surface area contributed by atoms with Crippen molar-refractivity contribution in [1.82, 2.24) is 9.62 Å². The number of anilines is 1. The predicted octanol–water partition coefficient (Wildman–Crippen LogP) is 4.25. The standard InChI is InChI=1S/C26H33N3O4S/c1-20(2)21-6-12-24(13-7-21)34(30,31)27-19-25(26-5-4-18-33-26)29-16-14-28(15-17-29)22-8-10-23(32-3)11-9-22/h4-13,18,20,25,27H,14-17,19H2,1-3H3. The van der Waals surface area contributed by atoms with E-state index in [0.29, 0.717) is 5.92 Å². The summed E-state index contributed by atoms with van der Waals surface area (Å²) in [6.07, 6.45) is 1.63. The Bertz CT molecular complexity index is 1140. The van der Waals surface area contributed by atoms with E-state index in [1.807, 2.05) is 36.4 Å². The van der Waals surface area contributed by atoms with Gasteiger partial charge in [0.25, 0.3) is 0 Å². The fraction of sp³-hybridized carbons (Fsp3) is 0.385. The summed E-state index contributed by atoms with van der Waals surface area (Å²) in [6, 6.07) is 18.7. The number of rotatable bonds is 9. The SMILES string of the molecule is COc1ccc(N2CCN(C(CNS(=O)(=O)c3ccc(C(C)C)cc3)c3ccco3)CC2)cc1. The third-order valence-electron chi connectivity index (χ3n) is 6.39. The molecule has 1 aliphatic rings. The Morgan fingerprint density at radius 1 is 0.971 bits per heavy atom. The Balaban J connectivity index is 1.42. The molecule has 0 saturated carbocycles. The van der Waals surface area contributed by atoms with Crippen LogP contribution in [0.5, 0.6) is 5.75 Å². The lowest BCUT2D eigenvalue weighted by Gasteiger charge is -2.39. The van der Waals surface area contributed by atoms with E-state index in [9.17, 15) is 8.42 Å². The fourth-order valence-corrected chi connectivity index (χ4v) is 5.32. The zero-order chi connectivity index (χ0) is 24.1. The van der Waals surface area contributed by atoms with Crippen LogP contribution in [0.25, 0.3) is 0 Å². The molecule has 0 aliphatic carbocycles. The average Bonchev–Trinajstić information content (AvgIpc) is 3.39. The number of nitrogens with one attached hydrogen (secondary N) is 1. The maximum Gasteiger partial charge on any atom is 0.240 e. The molecule has 8 heteroatoms. The van der Waals surface area contributed by atoms with Crippen LogP contribution < -0.4 is 14.4 Å². The molecule has 2 aromatic carbocycles. The molecule has 1 N–H and O–H groups in total. The molecule has 0 amide bonds. The molecule has 0 bridgehead atoms. The molecular weight excluding hydrogens is 450 g/mol. The van der Waals surface area contributed by atoms with Gasteiger partial charge in [-0.25, -0.2) is 13.1 Å². The van der Waals surface area contributed by atoms with Gasteiger partial charge in [-0.1, -0.05) is 26.0 Å². The van der Waals surface area contributed by atoms with Crippen molar-refractivity contribution in [2.24, 2.45) is 0 Å². The molecule has 1 saturated heterocycles. The maximum absolute atomic E-state index is 13.0. The first kappa shape index (κ1) is 24.3. The number of benzene rings is 2. The number of sulfonamides is 1. The van der Waals surface area contributed by atoms with Crippen molar-refractivity contribution in [2.75, 3.05) is 44.7 Å². The van der Waals surface area contributed by atoms with Gasteiger partial charge in [0, 0.05) is 38.4 Å². The lowest BCUT2D eigenvalue weighted by Crippen LogP contribution is -2.49. The minimum atomic E-state index is -3.63. The summed E-state index contributed by atoms with van der Waals surface area (Å²) in [5, 5.41) is 0. The zero-order valence-corrected chi connectivity index (χ0v) is 20.8. The van der Waals surface area contributed by atoms with E-state index in [2.05, 4.69) is 40.5 Å². The molecule has 1 atom stereocenters. The van der Waals surface area contributed by atoms with Crippen LogP contribution in [0.1, 0.15) is 37.1 Å². The van der Waals surface area contributed by atoms with Crippen LogP contribution in [0, 0.1) is 0 Å². The van der Waals surface area contributed by atoms with E-state index in [4.69, 9.17) is 9.15 Å². The summed E-state index contributed by atoms with van der Waals surface area (Å²) in [7, 11) is -1.96. The van der Waals surface area contributed by atoms with Gasteiger partial charge in [0.2, 0.25) is 10.0 Å². The number of hydrogen-bond acceptors (Lipinski definition) is 6. The first-order valence-electron chi connectivity index (χ1n) is 11.6. The Hall–Kier alpha value is -2.81. The number of piperazine rings is 1. The van der Waals surface area contributed by atoms with Gasteiger partial charge in [0.1, 0.15) is 11.5 Å². The van der Waals surface area contributed by atoms with Gasteiger partial charge >= 0.3 is 0 Å². The average molecular weight is 484 g/mol. The van der Waals surface area contributed by atoms with Crippen LogP contribution in [0.2, 0.25) is 0 Å². The summed E-state index contributed by atoms with van der Waals surface area (Å²) < 4.78 is 39.7. The summed E-state index contributed by atoms with van der Waals surface area (Å²) in [5.74, 6) is 1.95. The van der Waals surface area contributed by atoms with Crippen LogP contribution >= 0.6 is 0 Å². The van der Waals surface area contributed by atoms with Gasteiger partial charge in [-0.05, 0) is 60.0 Å². The fourth-order valence-electron chi connectivity index (χ4n) is 4.28. The molecule has 4 rings (SSSR count). The molecule has 0 radical (unpaired) electrons. The molecule has 7 nitrogen and oxygen atoms in total. The van der Waals surface area contributed by atoms with E-state index in [0.717, 1.165) is 48.9 Å². The van der Waals surface area contributed by atoms with Gasteiger partial charge in [0.15, 0.2) is 0 Å². The third kappa shape index (κ3) is 5.63. The van der Waals surface area contributed by atoms with Crippen molar-refractivity contribution in [3.63, 3.8) is 0 Å². The monoisotopic (exact) mass is 483 g/mol. The van der Waals surface area contributed by atoms with Gasteiger partial charge < -0.3 is 14.1 Å². The van der Waals surface area contributed by atoms with Crippen LogP contribution in [-0.4, -0.2) is 53.2 Å². The highest BCUT2D eigenvalue weighted by Gasteiger charge is 2.28. The second-order valence-corrected chi connectivity index (χ2v) is 10.6. The quantitative estimate of drug-likeness (QED) is 0.490. The van der Waals surface area contributed by atoms with Crippen LogP contribution in [-0.2, 0) is 10.0 Å². The summed E-state index contributed by atoms with van der Waals surface area (Å²) in [6.45, 7) is 7.68. The van der Waals surface area contributed by atoms with Crippen LogP contribution in [0.15, 0.2) is 76.2 Å². The zero-order valence-electron chi connectivity index (χ0n) is 20.0. The van der Waals surface area contributed by atoms with E-state index < -0.39 is 10.0 Å². The molecule has 2 heterocycles. The number of nitrogens with zero attached hydrogens (tertiary/aromatic N) is 2. The molecule has 1 aliphatic heterocycles. The highest BCUT2D eigenvalue weighted by molar-refractivity contribution is 7.89. The second-order valence-electron chi connectivity index (χ2n) is 8.83. The molecule has 1 unspecified atom stereocenters. The number of hydrogen-bond donors (Lipinski definition) is 1. The molecule has 1 fully saturated rings. The predicted molar refractivity (Wildman–Crippen MR) is 134 cm³/mol. The van der Waals surface area contributed by atoms with Crippen LogP contribution in [0.3, 0.4) is 0 Å². The smallest absolute Gasteiger partial charge is 0.240 e. The van der Waals surface area contributed by atoms with Crippen molar-refractivity contribution in [3.8, 4) is 5.75 Å². The number of furan rings is 1. The van der Waals surface area contributed by atoms with Crippen molar-refractivity contribution in [1.29, 1.82) is 0 Å². The molecule has 1 aromatic heterocycles. The van der Waals surface area contributed by atoms with Crippen molar-refractivity contribution >= 4 is 15.7 Å². The highest BCUT2D eigenvalue weighted by Crippen LogP contribution is 2.26. The minimum Gasteiger partial charge on any atom is -0.497 e. The van der Waals surface area contributed by atoms with Gasteiger partial charge in [-0.3, -0.25) is 4.90 Å². The number of ether oxygens (including phenoxy) is 1.